The molecule has 9 atom stereocenters. The molecule has 5 fully saturated rings. The van der Waals surface area contributed by atoms with E-state index in [-0.39, 0.29) is 42.5 Å². The number of nitrogens with zero attached hydrogens (tertiary/aromatic N) is 2. The van der Waals surface area contributed by atoms with Gasteiger partial charge >= 0.3 is 0 Å². The number of aliphatic hydroxyl groups excluding tert-OH is 1. The average molecular weight is 569 g/mol. The predicted molar refractivity (Wildman–Crippen MR) is 147 cm³/mol. The van der Waals surface area contributed by atoms with Crippen molar-refractivity contribution in [3.63, 3.8) is 0 Å². The highest BCUT2D eigenvalue weighted by atomic mass is 35.5. The van der Waals surface area contributed by atoms with E-state index in [0.717, 1.165) is 36.2 Å². The highest BCUT2D eigenvalue weighted by molar-refractivity contribution is 6.25. The Hall–Kier alpha value is -1.94. The number of hydrogen-bond acceptors (Lipinski definition) is 7. The third kappa shape index (κ3) is 2.79. The summed E-state index contributed by atoms with van der Waals surface area (Å²) in [6.45, 7) is 7.46. The molecule has 0 radical (unpaired) electrons. The Balaban J connectivity index is 1.20. The van der Waals surface area contributed by atoms with Gasteiger partial charge in [-0.1, -0.05) is 26.3 Å². The lowest BCUT2D eigenvalue weighted by Crippen LogP contribution is -2.71. The van der Waals surface area contributed by atoms with Gasteiger partial charge in [-0.15, -0.1) is 11.6 Å². The molecule has 3 heterocycles. The van der Waals surface area contributed by atoms with Gasteiger partial charge in [-0.25, -0.2) is 4.68 Å². The van der Waals surface area contributed by atoms with Crippen LogP contribution in [-0.2, 0) is 25.4 Å². The normalized spacial score (nSPS) is 47.2. The van der Waals surface area contributed by atoms with Crippen LogP contribution in [0.4, 0.5) is 0 Å². The summed E-state index contributed by atoms with van der Waals surface area (Å²) in [5.41, 5.74) is 2.84. The molecule has 0 bridgehead atoms. The van der Waals surface area contributed by atoms with Gasteiger partial charge in [-0.3, -0.25) is 0 Å². The Morgan fingerprint density at radius 3 is 2.60 bits per heavy atom. The molecule has 1 unspecified atom stereocenters. The highest BCUT2D eigenvalue weighted by Gasteiger charge is 2.81. The van der Waals surface area contributed by atoms with Crippen LogP contribution in [0, 0.1) is 28.6 Å². The molecule has 8 rings (SSSR count). The zero-order chi connectivity index (χ0) is 27.7. The summed E-state index contributed by atoms with van der Waals surface area (Å²) in [4.78, 5) is -0.829. The Kier molecular flexibility index (Phi) is 5.22. The van der Waals surface area contributed by atoms with Crippen LogP contribution in [0.15, 0.2) is 36.0 Å². The Labute approximate surface area is 239 Å². The van der Waals surface area contributed by atoms with E-state index in [1.54, 1.807) is 12.1 Å². The fourth-order valence-electron chi connectivity index (χ4n) is 10.4. The van der Waals surface area contributed by atoms with Crippen LogP contribution in [0.25, 0.3) is 11.8 Å². The smallest absolute Gasteiger partial charge is 0.227 e. The van der Waals surface area contributed by atoms with E-state index >= 15 is 0 Å². The summed E-state index contributed by atoms with van der Waals surface area (Å²) in [6, 6.07) is 7.11. The molecule has 8 nitrogen and oxygen atoms in total. The van der Waals surface area contributed by atoms with E-state index in [4.69, 9.17) is 35.6 Å². The first-order valence-electron chi connectivity index (χ1n) is 14.5. The molecule has 2 spiro atoms. The summed E-state index contributed by atoms with van der Waals surface area (Å²) in [5, 5.41) is 26.7. The third-order valence-electron chi connectivity index (χ3n) is 12.0. The molecule has 2 aromatic rings. The van der Waals surface area contributed by atoms with Gasteiger partial charge in [0.2, 0.25) is 5.79 Å². The van der Waals surface area contributed by atoms with Gasteiger partial charge in [0, 0.05) is 10.8 Å². The van der Waals surface area contributed by atoms with E-state index in [0.29, 0.717) is 19.4 Å². The Bertz CT molecular complexity index is 1400. The van der Waals surface area contributed by atoms with Crippen molar-refractivity contribution < 1.29 is 29.2 Å². The number of hydrogen-bond donors (Lipinski definition) is 2. The van der Waals surface area contributed by atoms with E-state index in [1.165, 1.54) is 5.57 Å². The van der Waals surface area contributed by atoms with E-state index in [9.17, 15) is 10.2 Å². The van der Waals surface area contributed by atoms with Gasteiger partial charge in [0.15, 0.2) is 13.6 Å². The van der Waals surface area contributed by atoms with Gasteiger partial charge in [0.05, 0.1) is 28.6 Å². The summed E-state index contributed by atoms with van der Waals surface area (Å²) in [5.74, 6) is -0.223. The van der Waals surface area contributed by atoms with Crippen LogP contribution in [0.5, 0.6) is 5.75 Å². The molecular weight excluding hydrogens is 532 g/mol. The molecule has 2 N–H and O–H groups in total. The standard InChI is InChI=1S/C31H37ClN2O6/c1-18-10-24-23-9-4-20-11-25-19(14-33-34(25)21-5-7-22(35)8-6-21)12-27(20,2)30(23,32)26(36)13-28(24,3)31(18)29(39-17-40-31)15-37-16-38-29/h5-8,11,14,18,23-24,26,35-36H,4,9-10,12-13,15-17H2,1-3H3/t18-,23+,24+,26+,27+,28+,29?,30+,31-/m1/s1. The minimum absolute atomic E-state index is 0.101. The average Bonchev–Trinajstić information content (AvgIpc) is 3.69. The monoisotopic (exact) mass is 568 g/mol. The van der Waals surface area contributed by atoms with Crippen molar-refractivity contribution in [1.82, 2.24) is 9.78 Å². The zero-order valence-corrected chi connectivity index (χ0v) is 24.0. The maximum Gasteiger partial charge on any atom is 0.227 e. The lowest BCUT2D eigenvalue weighted by molar-refractivity contribution is -0.264. The summed E-state index contributed by atoms with van der Waals surface area (Å²) >= 11 is 7.90. The van der Waals surface area contributed by atoms with Gasteiger partial charge in [-0.05, 0) is 85.8 Å². The molecule has 40 heavy (non-hydrogen) atoms. The fourth-order valence-corrected chi connectivity index (χ4v) is 10.9. The maximum atomic E-state index is 12.2. The minimum atomic E-state index is -0.950. The van der Waals surface area contributed by atoms with Gasteiger partial charge in [0.25, 0.3) is 0 Å². The van der Waals surface area contributed by atoms with E-state index < -0.39 is 27.8 Å². The molecule has 0 amide bonds. The molecular formula is C31H37ClN2O6. The highest BCUT2D eigenvalue weighted by Crippen LogP contribution is 2.75. The second-order valence-corrected chi connectivity index (χ2v) is 14.1. The summed E-state index contributed by atoms with van der Waals surface area (Å²) in [6.07, 6.45) is 7.43. The molecule has 9 heteroatoms. The van der Waals surface area contributed by atoms with Gasteiger partial charge in [-0.2, -0.15) is 5.10 Å². The number of aromatic nitrogens is 2. The van der Waals surface area contributed by atoms with Crippen LogP contribution in [0.1, 0.15) is 57.7 Å². The summed E-state index contributed by atoms with van der Waals surface area (Å²) < 4.78 is 26.6. The summed E-state index contributed by atoms with van der Waals surface area (Å²) in [7, 11) is 0. The van der Waals surface area contributed by atoms with Gasteiger partial charge < -0.3 is 29.2 Å². The first-order chi connectivity index (χ1) is 19.1. The Morgan fingerprint density at radius 1 is 1.07 bits per heavy atom. The van der Waals surface area contributed by atoms with Crippen LogP contribution in [0.3, 0.4) is 0 Å². The first kappa shape index (κ1) is 25.7. The zero-order valence-electron chi connectivity index (χ0n) is 23.2. The van der Waals surface area contributed by atoms with Crippen molar-refractivity contribution in [1.29, 1.82) is 0 Å². The number of aliphatic hydroxyl groups is 1. The van der Waals surface area contributed by atoms with Crippen molar-refractivity contribution in [3.05, 3.63) is 47.3 Å². The van der Waals surface area contributed by atoms with Crippen molar-refractivity contribution in [3.8, 4) is 11.4 Å². The van der Waals surface area contributed by atoms with Crippen molar-refractivity contribution in [2.24, 2.45) is 28.6 Å². The lowest BCUT2D eigenvalue weighted by Gasteiger charge is -2.65. The molecule has 2 aliphatic heterocycles. The largest absolute Gasteiger partial charge is 0.508 e. The fraction of sp³-hybridized carbons (Fsp3) is 0.645. The number of alkyl halides is 1. The molecule has 3 saturated carbocycles. The molecule has 1 aromatic carbocycles. The predicted octanol–water partition coefficient (Wildman–Crippen LogP) is 4.78. The number of aromatic hydroxyl groups is 1. The van der Waals surface area contributed by atoms with Crippen molar-refractivity contribution in [2.45, 2.75) is 75.2 Å². The number of halogens is 1. The third-order valence-corrected chi connectivity index (χ3v) is 13.0. The number of ether oxygens (including phenoxy) is 4. The van der Waals surface area contributed by atoms with Crippen LogP contribution >= 0.6 is 11.6 Å². The van der Waals surface area contributed by atoms with E-state index in [1.807, 2.05) is 23.0 Å². The molecule has 214 valence electrons. The number of allylic oxidation sites excluding steroid dienone is 1. The topological polar surface area (TPSA) is 95.2 Å². The SMILES string of the molecule is C[C@@H]1C[C@H]2[C@@H]3CCC4=Cc5c(cnn5-c5ccc(O)cc5)C[C@]4(C)[C@@]3(Cl)[C@@H](O)C[C@]2(C)[C@]12OCOC21COCO1. The second-order valence-electron chi connectivity index (χ2n) is 13.5. The number of rotatable bonds is 1. The first-order valence-corrected chi connectivity index (χ1v) is 14.9. The van der Waals surface area contributed by atoms with Crippen molar-refractivity contribution in [2.75, 3.05) is 20.2 Å². The molecule has 6 aliphatic rings. The maximum absolute atomic E-state index is 12.2. The quantitative estimate of drug-likeness (QED) is 0.478. The van der Waals surface area contributed by atoms with E-state index in [2.05, 4.69) is 26.8 Å². The lowest BCUT2D eigenvalue weighted by atomic mass is 9.44. The molecule has 1 aromatic heterocycles. The van der Waals surface area contributed by atoms with Crippen LogP contribution < -0.4 is 0 Å². The van der Waals surface area contributed by atoms with Gasteiger partial charge in [0.1, 0.15) is 18.0 Å². The minimum Gasteiger partial charge on any atom is -0.508 e. The number of benzene rings is 1. The number of phenols is 1. The van der Waals surface area contributed by atoms with Crippen molar-refractivity contribution >= 4 is 17.7 Å². The van der Waals surface area contributed by atoms with Crippen LogP contribution in [0.2, 0.25) is 0 Å². The number of fused-ring (bicyclic) bond motifs is 8. The van der Waals surface area contributed by atoms with Crippen LogP contribution in [-0.4, -0.2) is 62.6 Å². The Morgan fingerprint density at radius 2 is 1.85 bits per heavy atom. The second kappa shape index (κ2) is 8.12. The molecule has 4 aliphatic carbocycles. The molecule has 2 saturated heterocycles. The number of phenolic OH excluding ortho intramolecular Hbond substituents is 1.